The van der Waals surface area contributed by atoms with Crippen molar-refractivity contribution in [3.05, 3.63) is 45.7 Å². The zero-order valence-electron chi connectivity index (χ0n) is 12.0. The topological polar surface area (TPSA) is 37.8 Å². The van der Waals surface area contributed by atoms with E-state index in [1.54, 1.807) is 6.20 Å². The summed E-state index contributed by atoms with van der Waals surface area (Å²) in [5.74, 6) is 0. The number of hydrogen-bond donors (Lipinski definition) is 1. The number of rotatable bonds is 4. The highest BCUT2D eigenvalue weighted by molar-refractivity contribution is 7.12. The van der Waals surface area contributed by atoms with Gasteiger partial charge in [0.1, 0.15) is 0 Å². The average Bonchev–Trinajstić information content (AvgIpc) is 2.80. The number of hydrogen-bond acceptors (Lipinski definition) is 4. The van der Waals surface area contributed by atoms with Gasteiger partial charge in [-0.05, 0) is 24.5 Å². The number of aromatic nitrogens is 2. The predicted octanol–water partition coefficient (Wildman–Crippen LogP) is 3.43. The van der Waals surface area contributed by atoms with Crippen molar-refractivity contribution in [2.45, 2.75) is 46.2 Å². The molecule has 0 saturated heterocycles. The van der Waals surface area contributed by atoms with Crippen LogP contribution in [0.25, 0.3) is 0 Å². The second-order valence-corrected chi connectivity index (χ2v) is 6.94. The third-order valence-electron chi connectivity index (χ3n) is 2.84. The second kappa shape index (κ2) is 5.80. The van der Waals surface area contributed by atoms with Crippen LogP contribution in [0.4, 0.5) is 0 Å². The molecule has 0 aliphatic rings. The largest absolute Gasteiger partial charge is 0.306 e. The summed E-state index contributed by atoms with van der Waals surface area (Å²) < 4.78 is 0. The van der Waals surface area contributed by atoms with Crippen molar-refractivity contribution in [3.63, 3.8) is 0 Å². The molecule has 0 atom stereocenters. The van der Waals surface area contributed by atoms with Crippen molar-refractivity contribution in [3.8, 4) is 0 Å². The molecule has 0 aliphatic heterocycles. The first kappa shape index (κ1) is 14.2. The Morgan fingerprint density at radius 2 is 1.89 bits per heavy atom. The molecule has 0 spiro atoms. The molecule has 0 bridgehead atoms. The molecular weight excluding hydrogens is 254 g/mol. The van der Waals surface area contributed by atoms with E-state index in [-0.39, 0.29) is 5.41 Å². The van der Waals surface area contributed by atoms with Crippen LogP contribution < -0.4 is 5.32 Å². The van der Waals surface area contributed by atoms with E-state index in [9.17, 15) is 0 Å². The van der Waals surface area contributed by atoms with E-state index in [0.29, 0.717) is 0 Å². The maximum Gasteiger partial charge on any atom is 0.0724 e. The first-order chi connectivity index (χ1) is 8.95. The molecule has 102 valence electrons. The van der Waals surface area contributed by atoms with Crippen LogP contribution in [0.15, 0.2) is 24.5 Å². The Morgan fingerprint density at radius 3 is 2.47 bits per heavy atom. The quantitative estimate of drug-likeness (QED) is 0.929. The van der Waals surface area contributed by atoms with Crippen LogP contribution in [0.2, 0.25) is 0 Å². The fourth-order valence-corrected chi connectivity index (χ4v) is 2.74. The Balaban J connectivity index is 1.86. The molecule has 0 amide bonds. The molecule has 2 heterocycles. The van der Waals surface area contributed by atoms with E-state index in [0.717, 1.165) is 24.5 Å². The van der Waals surface area contributed by atoms with E-state index in [4.69, 9.17) is 0 Å². The molecule has 0 radical (unpaired) electrons. The van der Waals surface area contributed by atoms with Crippen LogP contribution in [-0.4, -0.2) is 9.97 Å². The minimum Gasteiger partial charge on any atom is -0.306 e. The fourth-order valence-electron chi connectivity index (χ4n) is 1.70. The van der Waals surface area contributed by atoms with Crippen LogP contribution in [-0.2, 0) is 18.5 Å². The highest BCUT2D eigenvalue weighted by Gasteiger charge is 2.15. The number of nitrogens with zero attached hydrogens (tertiary/aromatic N) is 2. The molecule has 4 heteroatoms. The monoisotopic (exact) mass is 275 g/mol. The molecule has 2 rings (SSSR count). The molecule has 1 N–H and O–H groups in total. The van der Waals surface area contributed by atoms with Crippen molar-refractivity contribution in [1.29, 1.82) is 0 Å². The third-order valence-corrected chi connectivity index (χ3v) is 4.35. The van der Waals surface area contributed by atoms with E-state index in [2.05, 4.69) is 48.2 Å². The van der Waals surface area contributed by atoms with Gasteiger partial charge in [0.25, 0.3) is 0 Å². The van der Waals surface area contributed by atoms with Crippen LogP contribution in [0.1, 0.15) is 41.9 Å². The van der Waals surface area contributed by atoms with Gasteiger partial charge in [0, 0.05) is 35.2 Å². The van der Waals surface area contributed by atoms with Gasteiger partial charge in [-0.3, -0.25) is 9.97 Å². The SMILES string of the molecule is Cc1cnc(CNCc2ccc(C(C)(C)C)s2)cn1. The number of nitrogens with one attached hydrogen (secondary N) is 1. The fraction of sp³-hybridized carbons (Fsp3) is 0.467. The van der Waals surface area contributed by atoms with Gasteiger partial charge in [0.2, 0.25) is 0 Å². The first-order valence-corrected chi connectivity index (χ1v) is 7.34. The normalized spacial score (nSPS) is 11.8. The zero-order chi connectivity index (χ0) is 13.9. The summed E-state index contributed by atoms with van der Waals surface area (Å²) in [6.07, 6.45) is 3.64. The van der Waals surface area contributed by atoms with Crippen LogP contribution in [0, 0.1) is 6.92 Å². The maximum atomic E-state index is 4.33. The lowest BCUT2D eigenvalue weighted by molar-refractivity contribution is 0.604. The number of aryl methyl sites for hydroxylation is 1. The van der Waals surface area contributed by atoms with Crippen LogP contribution in [0.3, 0.4) is 0 Å². The van der Waals surface area contributed by atoms with E-state index in [1.165, 1.54) is 9.75 Å². The van der Waals surface area contributed by atoms with E-state index >= 15 is 0 Å². The Labute approximate surface area is 119 Å². The Bertz CT molecular complexity index is 523. The van der Waals surface area contributed by atoms with Crippen LogP contribution in [0.5, 0.6) is 0 Å². The van der Waals surface area contributed by atoms with Crippen molar-refractivity contribution in [2.75, 3.05) is 0 Å². The molecule has 0 aromatic carbocycles. The molecule has 0 unspecified atom stereocenters. The standard InChI is InChI=1S/C15H21N3S/c1-11-7-18-12(9-17-11)8-16-10-13-5-6-14(19-13)15(2,3)4/h5-7,9,16H,8,10H2,1-4H3. The summed E-state index contributed by atoms with van der Waals surface area (Å²) >= 11 is 1.88. The van der Waals surface area contributed by atoms with Crippen molar-refractivity contribution >= 4 is 11.3 Å². The van der Waals surface area contributed by atoms with Gasteiger partial charge in [-0.25, -0.2) is 0 Å². The van der Waals surface area contributed by atoms with Gasteiger partial charge >= 0.3 is 0 Å². The lowest BCUT2D eigenvalue weighted by Gasteiger charge is -2.15. The summed E-state index contributed by atoms with van der Waals surface area (Å²) in [5, 5.41) is 3.41. The molecule has 19 heavy (non-hydrogen) atoms. The molecule has 3 nitrogen and oxygen atoms in total. The highest BCUT2D eigenvalue weighted by Crippen LogP contribution is 2.29. The summed E-state index contributed by atoms with van der Waals surface area (Å²) in [5.41, 5.74) is 2.18. The Morgan fingerprint density at radius 1 is 1.11 bits per heavy atom. The van der Waals surface area contributed by atoms with Gasteiger partial charge in [0.15, 0.2) is 0 Å². The highest BCUT2D eigenvalue weighted by atomic mass is 32.1. The van der Waals surface area contributed by atoms with Gasteiger partial charge < -0.3 is 5.32 Å². The average molecular weight is 275 g/mol. The van der Waals surface area contributed by atoms with Gasteiger partial charge in [-0.1, -0.05) is 20.8 Å². The second-order valence-electron chi connectivity index (χ2n) is 5.77. The Kier molecular flexibility index (Phi) is 4.32. The molecule has 2 aromatic heterocycles. The minimum absolute atomic E-state index is 0.241. The molecule has 0 fully saturated rings. The van der Waals surface area contributed by atoms with Crippen molar-refractivity contribution in [2.24, 2.45) is 0 Å². The van der Waals surface area contributed by atoms with E-state index in [1.807, 2.05) is 24.5 Å². The molecule has 2 aromatic rings. The molecular formula is C15H21N3S. The maximum absolute atomic E-state index is 4.33. The zero-order valence-corrected chi connectivity index (χ0v) is 12.8. The minimum atomic E-state index is 0.241. The summed E-state index contributed by atoms with van der Waals surface area (Å²) in [6, 6.07) is 4.44. The third kappa shape index (κ3) is 4.11. The lowest BCUT2D eigenvalue weighted by Crippen LogP contribution is -2.13. The predicted molar refractivity (Wildman–Crippen MR) is 80.3 cm³/mol. The van der Waals surface area contributed by atoms with Crippen molar-refractivity contribution in [1.82, 2.24) is 15.3 Å². The van der Waals surface area contributed by atoms with Gasteiger partial charge in [-0.15, -0.1) is 11.3 Å². The summed E-state index contributed by atoms with van der Waals surface area (Å²) in [7, 11) is 0. The van der Waals surface area contributed by atoms with Gasteiger partial charge in [-0.2, -0.15) is 0 Å². The molecule has 0 saturated carbocycles. The Hall–Kier alpha value is -1.26. The van der Waals surface area contributed by atoms with Crippen molar-refractivity contribution < 1.29 is 0 Å². The summed E-state index contributed by atoms with van der Waals surface area (Å²) in [6.45, 7) is 10.3. The first-order valence-electron chi connectivity index (χ1n) is 6.52. The van der Waals surface area contributed by atoms with Crippen LogP contribution >= 0.6 is 11.3 Å². The van der Waals surface area contributed by atoms with Gasteiger partial charge in [0.05, 0.1) is 11.4 Å². The summed E-state index contributed by atoms with van der Waals surface area (Å²) in [4.78, 5) is 11.4. The lowest BCUT2D eigenvalue weighted by atomic mass is 9.95. The van der Waals surface area contributed by atoms with E-state index < -0.39 is 0 Å². The molecule has 0 aliphatic carbocycles. The number of thiophene rings is 1. The smallest absolute Gasteiger partial charge is 0.0724 e.